The van der Waals surface area contributed by atoms with Gasteiger partial charge in [0.2, 0.25) is 5.91 Å². The van der Waals surface area contributed by atoms with Crippen LogP contribution in [0.25, 0.3) is 0 Å². The Balaban J connectivity index is 3.04. The van der Waals surface area contributed by atoms with E-state index in [1.165, 1.54) is 6.20 Å². The molecule has 0 bridgehead atoms. The summed E-state index contributed by atoms with van der Waals surface area (Å²) in [5.74, 6) is -0.481. The number of pyridine rings is 1. The molecule has 1 atom stereocenters. The van der Waals surface area contributed by atoms with Crippen LogP contribution in [0.3, 0.4) is 0 Å². The first-order valence-electron chi connectivity index (χ1n) is 3.61. The highest BCUT2D eigenvalue weighted by Crippen LogP contribution is 2.08. The molecule has 1 rings (SSSR count). The summed E-state index contributed by atoms with van der Waals surface area (Å²) < 4.78 is 0. The van der Waals surface area contributed by atoms with Crippen LogP contribution in [0.4, 0.5) is 0 Å². The van der Waals surface area contributed by atoms with Gasteiger partial charge in [-0.15, -0.1) is 0 Å². The van der Waals surface area contributed by atoms with Crippen molar-refractivity contribution in [1.82, 2.24) is 4.98 Å². The summed E-state index contributed by atoms with van der Waals surface area (Å²) in [7, 11) is 0. The third-order valence-corrected chi connectivity index (χ3v) is 1.57. The van der Waals surface area contributed by atoms with Gasteiger partial charge in [0.15, 0.2) is 0 Å². The fourth-order valence-electron chi connectivity index (χ4n) is 0.841. The lowest BCUT2D eigenvalue weighted by molar-refractivity contribution is 0.1000. The Labute approximate surface area is 70.6 Å². The second kappa shape index (κ2) is 3.32. The molecule has 0 saturated carbocycles. The molecular formula is C8H11N3O. The van der Waals surface area contributed by atoms with Crippen LogP contribution in [0.2, 0.25) is 0 Å². The zero-order valence-electron chi connectivity index (χ0n) is 6.82. The highest BCUT2D eigenvalue weighted by Gasteiger charge is 2.04. The van der Waals surface area contributed by atoms with E-state index < -0.39 is 5.91 Å². The number of nitrogens with two attached hydrogens (primary N) is 2. The van der Waals surface area contributed by atoms with Crippen molar-refractivity contribution >= 4 is 5.91 Å². The summed E-state index contributed by atoms with van der Waals surface area (Å²) in [6.45, 7) is 1.82. The van der Waals surface area contributed by atoms with Gasteiger partial charge in [0.25, 0.3) is 0 Å². The molecule has 4 heteroatoms. The van der Waals surface area contributed by atoms with Crippen molar-refractivity contribution in [3.8, 4) is 0 Å². The Morgan fingerprint density at radius 1 is 1.58 bits per heavy atom. The van der Waals surface area contributed by atoms with E-state index in [4.69, 9.17) is 11.5 Å². The van der Waals surface area contributed by atoms with Gasteiger partial charge < -0.3 is 11.5 Å². The Kier molecular flexibility index (Phi) is 2.40. The lowest BCUT2D eigenvalue weighted by atomic mass is 10.1. The van der Waals surface area contributed by atoms with E-state index in [2.05, 4.69) is 4.98 Å². The van der Waals surface area contributed by atoms with Crippen LogP contribution < -0.4 is 11.5 Å². The summed E-state index contributed by atoms with van der Waals surface area (Å²) >= 11 is 0. The van der Waals surface area contributed by atoms with Crippen LogP contribution in [0.5, 0.6) is 0 Å². The topological polar surface area (TPSA) is 82.0 Å². The third-order valence-electron chi connectivity index (χ3n) is 1.57. The molecule has 0 aliphatic carbocycles. The van der Waals surface area contributed by atoms with Crippen molar-refractivity contribution in [2.45, 2.75) is 13.0 Å². The zero-order chi connectivity index (χ0) is 9.14. The molecule has 1 unspecified atom stereocenters. The molecule has 0 fully saturated rings. The Hall–Kier alpha value is -1.42. The van der Waals surface area contributed by atoms with E-state index in [0.29, 0.717) is 5.56 Å². The maximum Gasteiger partial charge on any atom is 0.250 e. The molecule has 1 aromatic heterocycles. The van der Waals surface area contributed by atoms with E-state index in [0.717, 1.165) is 5.56 Å². The summed E-state index contributed by atoms with van der Waals surface area (Å²) in [5, 5.41) is 0. The van der Waals surface area contributed by atoms with Crippen molar-refractivity contribution in [2.75, 3.05) is 0 Å². The Morgan fingerprint density at radius 2 is 2.25 bits per heavy atom. The first kappa shape index (κ1) is 8.67. The van der Waals surface area contributed by atoms with Crippen LogP contribution in [0.15, 0.2) is 18.5 Å². The number of hydrogen-bond acceptors (Lipinski definition) is 3. The van der Waals surface area contributed by atoms with Crippen molar-refractivity contribution in [1.29, 1.82) is 0 Å². The summed E-state index contributed by atoms with van der Waals surface area (Å²) in [6, 6.07) is 1.52. The van der Waals surface area contributed by atoms with E-state index >= 15 is 0 Å². The van der Waals surface area contributed by atoms with E-state index in [1.807, 2.05) is 6.92 Å². The fourth-order valence-corrected chi connectivity index (χ4v) is 0.841. The van der Waals surface area contributed by atoms with Gasteiger partial charge in [-0.25, -0.2) is 0 Å². The van der Waals surface area contributed by atoms with E-state index in [9.17, 15) is 4.79 Å². The maximum absolute atomic E-state index is 10.7. The SMILES string of the molecule is CC(N)c1cncc(C(N)=O)c1. The molecule has 0 spiro atoms. The molecule has 4 nitrogen and oxygen atoms in total. The van der Waals surface area contributed by atoms with Crippen LogP contribution in [-0.2, 0) is 0 Å². The van der Waals surface area contributed by atoms with Gasteiger partial charge in [0.1, 0.15) is 0 Å². The smallest absolute Gasteiger partial charge is 0.250 e. The van der Waals surface area contributed by atoms with Crippen LogP contribution in [0, 0.1) is 0 Å². The first-order chi connectivity index (χ1) is 5.61. The predicted octanol–water partition coefficient (Wildman–Crippen LogP) is 0.200. The Morgan fingerprint density at radius 3 is 2.75 bits per heavy atom. The molecule has 1 amide bonds. The minimum Gasteiger partial charge on any atom is -0.366 e. The first-order valence-corrected chi connectivity index (χ1v) is 3.61. The number of carbonyl (C=O) groups is 1. The van der Waals surface area contributed by atoms with Crippen LogP contribution in [-0.4, -0.2) is 10.9 Å². The number of amides is 1. The largest absolute Gasteiger partial charge is 0.366 e. The molecule has 1 heterocycles. The molecule has 1 aromatic rings. The second-order valence-electron chi connectivity index (χ2n) is 2.66. The number of carbonyl (C=O) groups excluding carboxylic acids is 1. The molecule has 64 valence electrons. The molecule has 0 aliphatic rings. The normalized spacial score (nSPS) is 12.5. The van der Waals surface area contributed by atoms with E-state index in [1.54, 1.807) is 12.3 Å². The second-order valence-corrected chi connectivity index (χ2v) is 2.66. The average Bonchev–Trinajstić information content (AvgIpc) is 2.04. The van der Waals surface area contributed by atoms with Crippen molar-refractivity contribution in [3.63, 3.8) is 0 Å². The number of aromatic nitrogens is 1. The molecule has 0 radical (unpaired) electrons. The maximum atomic E-state index is 10.7. The zero-order valence-corrected chi connectivity index (χ0v) is 6.82. The fraction of sp³-hybridized carbons (Fsp3) is 0.250. The van der Waals surface area contributed by atoms with Gasteiger partial charge in [-0.2, -0.15) is 0 Å². The minimum atomic E-state index is -0.481. The van der Waals surface area contributed by atoms with Gasteiger partial charge >= 0.3 is 0 Å². The highest BCUT2D eigenvalue weighted by molar-refractivity contribution is 5.92. The number of rotatable bonds is 2. The molecule has 0 saturated heterocycles. The van der Waals surface area contributed by atoms with Gasteiger partial charge in [-0.3, -0.25) is 9.78 Å². The molecular weight excluding hydrogens is 154 g/mol. The van der Waals surface area contributed by atoms with Crippen LogP contribution in [0.1, 0.15) is 28.9 Å². The molecule has 0 aromatic carbocycles. The van der Waals surface area contributed by atoms with Crippen molar-refractivity contribution in [2.24, 2.45) is 11.5 Å². The minimum absolute atomic E-state index is 0.128. The molecule has 0 aliphatic heterocycles. The molecule has 4 N–H and O–H groups in total. The van der Waals surface area contributed by atoms with Gasteiger partial charge in [-0.05, 0) is 18.6 Å². The van der Waals surface area contributed by atoms with Crippen molar-refractivity contribution in [3.05, 3.63) is 29.6 Å². The predicted molar refractivity (Wildman–Crippen MR) is 45.4 cm³/mol. The average molecular weight is 165 g/mol. The lowest BCUT2D eigenvalue weighted by Gasteiger charge is -2.04. The third kappa shape index (κ3) is 1.79. The van der Waals surface area contributed by atoms with Crippen LogP contribution >= 0.6 is 0 Å². The quantitative estimate of drug-likeness (QED) is 0.656. The number of primary amides is 1. The lowest BCUT2D eigenvalue weighted by Crippen LogP contribution is -2.13. The summed E-state index contributed by atoms with van der Waals surface area (Å²) in [4.78, 5) is 14.6. The number of hydrogen-bond donors (Lipinski definition) is 2. The van der Waals surface area contributed by atoms with Gasteiger partial charge in [0.05, 0.1) is 5.56 Å². The number of nitrogens with zero attached hydrogens (tertiary/aromatic N) is 1. The standard InChI is InChI=1S/C8H11N3O/c1-5(9)6-2-7(8(10)12)4-11-3-6/h2-5H,9H2,1H3,(H2,10,12). The van der Waals surface area contributed by atoms with E-state index in [-0.39, 0.29) is 6.04 Å². The molecule has 12 heavy (non-hydrogen) atoms. The van der Waals surface area contributed by atoms with Gasteiger partial charge in [0, 0.05) is 18.4 Å². The highest BCUT2D eigenvalue weighted by atomic mass is 16.1. The summed E-state index contributed by atoms with van der Waals surface area (Å²) in [5.41, 5.74) is 11.9. The van der Waals surface area contributed by atoms with Crippen molar-refractivity contribution < 1.29 is 4.79 Å². The Bertz CT molecular complexity index is 296. The summed E-state index contributed by atoms with van der Waals surface area (Å²) in [6.07, 6.45) is 3.05. The monoisotopic (exact) mass is 165 g/mol. The van der Waals surface area contributed by atoms with Gasteiger partial charge in [-0.1, -0.05) is 0 Å².